The van der Waals surface area contributed by atoms with Crippen molar-refractivity contribution in [3.8, 4) is 0 Å². The molecule has 80 valence electrons. The third-order valence-electron chi connectivity index (χ3n) is 3.00. The Labute approximate surface area is 87.8 Å². The van der Waals surface area contributed by atoms with E-state index in [0.717, 1.165) is 12.3 Å². The second-order valence-corrected chi connectivity index (χ2v) is 4.08. The fraction of sp³-hybridized carbons (Fsp3) is 0.692. The molecule has 0 radical (unpaired) electrons. The topological polar surface area (TPSA) is 9.23 Å². The molecule has 0 N–H and O–H groups in total. The molecule has 0 heterocycles. The number of hydrogen-bond donors (Lipinski definition) is 0. The van der Waals surface area contributed by atoms with Crippen molar-refractivity contribution in [2.75, 3.05) is 6.61 Å². The van der Waals surface area contributed by atoms with Crippen molar-refractivity contribution in [3.63, 3.8) is 0 Å². The monoisotopic (exact) mass is 194 g/mol. The zero-order chi connectivity index (χ0) is 10.2. The lowest BCUT2D eigenvalue weighted by atomic mass is 9.84. The highest BCUT2D eigenvalue weighted by atomic mass is 16.5. The molecule has 1 aliphatic rings. The van der Waals surface area contributed by atoms with Crippen molar-refractivity contribution in [3.05, 3.63) is 25.3 Å². The molecule has 14 heavy (non-hydrogen) atoms. The Balaban J connectivity index is 2.37. The van der Waals surface area contributed by atoms with E-state index >= 15 is 0 Å². The van der Waals surface area contributed by atoms with Crippen LogP contribution in [0.2, 0.25) is 0 Å². The first kappa shape index (κ1) is 11.5. The van der Waals surface area contributed by atoms with Crippen LogP contribution in [0.25, 0.3) is 0 Å². The van der Waals surface area contributed by atoms with E-state index < -0.39 is 0 Å². The molecule has 0 aromatic carbocycles. The van der Waals surface area contributed by atoms with E-state index in [4.69, 9.17) is 4.74 Å². The maximum Gasteiger partial charge on any atom is 0.0648 e. The minimum absolute atomic E-state index is 0.380. The number of ether oxygens (including phenoxy) is 1. The second-order valence-electron chi connectivity index (χ2n) is 4.08. The van der Waals surface area contributed by atoms with E-state index in [1.807, 2.05) is 12.2 Å². The van der Waals surface area contributed by atoms with Gasteiger partial charge in [-0.1, -0.05) is 31.4 Å². The first-order valence-electron chi connectivity index (χ1n) is 5.72. The van der Waals surface area contributed by atoms with Crippen molar-refractivity contribution in [2.24, 2.45) is 5.92 Å². The van der Waals surface area contributed by atoms with E-state index in [0.29, 0.717) is 12.7 Å². The first-order chi connectivity index (χ1) is 6.88. The van der Waals surface area contributed by atoms with Gasteiger partial charge in [0.15, 0.2) is 0 Å². The fourth-order valence-electron chi connectivity index (χ4n) is 2.26. The zero-order valence-electron chi connectivity index (χ0n) is 9.08. The highest BCUT2D eigenvalue weighted by Gasteiger charge is 2.22. The molecule has 0 bridgehead atoms. The van der Waals surface area contributed by atoms with Crippen molar-refractivity contribution in [2.45, 2.75) is 44.6 Å². The van der Waals surface area contributed by atoms with Gasteiger partial charge >= 0.3 is 0 Å². The maximum absolute atomic E-state index is 5.78. The van der Waals surface area contributed by atoms with Crippen LogP contribution in [0, 0.1) is 5.92 Å². The summed E-state index contributed by atoms with van der Waals surface area (Å²) in [4.78, 5) is 0. The van der Waals surface area contributed by atoms with Gasteiger partial charge in [0.05, 0.1) is 12.7 Å². The largest absolute Gasteiger partial charge is 0.374 e. The summed E-state index contributed by atoms with van der Waals surface area (Å²) in [5, 5.41) is 0. The summed E-state index contributed by atoms with van der Waals surface area (Å²) in [5.41, 5.74) is 0. The molecule has 0 saturated heterocycles. The highest BCUT2D eigenvalue weighted by molar-refractivity contribution is 4.82. The third kappa shape index (κ3) is 3.67. The maximum atomic E-state index is 5.78. The quantitative estimate of drug-likeness (QED) is 0.586. The molecule has 1 heteroatoms. The Bertz CT molecular complexity index is 168. The molecule has 1 aliphatic carbocycles. The fourth-order valence-corrected chi connectivity index (χ4v) is 2.26. The summed E-state index contributed by atoms with van der Waals surface area (Å²) < 4.78 is 5.78. The SMILES string of the molecule is C=CCOC(CC=C)C1CCCCC1. The standard InChI is InChI=1S/C13H22O/c1-3-8-13(14-11-4-2)12-9-6-5-7-10-12/h3-4,12-13H,1-2,5-11H2. The molecule has 1 rings (SSSR count). The molecule has 1 nitrogen and oxygen atoms in total. The predicted molar refractivity (Wildman–Crippen MR) is 61.3 cm³/mol. The molecule has 1 atom stereocenters. The minimum atomic E-state index is 0.380. The van der Waals surface area contributed by atoms with Gasteiger partial charge in [-0.3, -0.25) is 0 Å². The summed E-state index contributed by atoms with van der Waals surface area (Å²) in [6.45, 7) is 8.16. The van der Waals surface area contributed by atoms with Gasteiger partial charge in [-0.15, -0.1) is 13.2 Å². The van der Waals surface area contributed by atoms with Crippen LogP contribution in [0.5, 0.6) is 0 Å². The molecule has 1 fully saturated rings. The Morgan fingerprint density at radius 2 is 1.86 bits per heavy atom. The van der Waals surface area contributed by atoms with E-state index in [2.05, 4.69) is 13.2 Å². The second kappa shape index (κ2) is 6.83. The normalized spacial score (nSPS) is 20.3. The van der Waals surface area contributed by atoms with Crippen molar-refractivity contribution < 1.29 is 4.74 Å². The Morgan fingerprint density at radius 1 is 1.14 bits per heavy atom. The molecule has 0 aromatic heterocycles. The molecular formula is C13H22O. The summed E-state index contributed by atoms with van der Waals surface area (Å²) >= 11 is 0. The molecule has 1 saturated carbocycles. The van der Waals surface area contributed by atoms with Gasteiger partial charge in [0.2, 0.25) is 0 Å². The average Bonchev–Trinajstić information content (AvgIpc) is 2.25. The van der Waals surface area contributed by atoms with Crippen molar-refractivity contribution >= 4 is 0 Å². The zero-order valence-corrected chi connectivity index (χ0v) is 9.08. The van der Waals surface area contributed by atoms with Crippen LogP contribution < -0.4 is 0 Å². The lowest BCUT2D eigenvalue weighted by molar-refractivity contribution is 0.0181. The minimum Gasteiger partial charge on any atom is -0.374 e. The van der Waals surface area contributed by atoms with E-state index in [-0.39, 0.29) is 0 Å². The van der Waals surface area contributed by atoms with Gasteiger partial charge in [0.25, 0.3) is 0 Å². The first-order valence-corrected chi connectivity index (χ1v) is 5.72. The number of rotatable bonds is 6. The van der Waals surface area contributed by atoms with Crippen LogP contribution >= 0.6 is 0 Å². The lowest BCUT2D eigenvalue weighted by Gasteiger charge is -2.29. The summed E-state index contributed by atoms with van der Waals surface area (Å²) in [6.07, 6.45) is 12.0. The smallest absolute Gasteiger partial charge is 0.0648 e. The Kier molecular flexibility index (Phi) is 5.62. The molecule has 0 spiro atoms. The van der Waals surface area contributed by atoms with Crippen LogP contribution in [0.3, 0.4) is 0 Å². The Morgan fingerprint density at radius 3 is 2.43 bits per heavy atom. The summed E-state index contributed by atoms with van der Waals surface area (Å²) in [7, 11) is 0. The molecule has 0 aromatic rings. The lowest BCUT2D eigenvalue weighted by Crippen LogP contribution is -2.25. The Hall–Kier alpha value is -0.560. The van der Waals surface area contributed by atoms with E-state index in [9.17, 15) is 0 Å². The predicted octanol–water partition coefficient (Wildman–Crippen LogP) is 3.71. The van der Waals surface area contributed by atoms with Gasteiger partial charge in [-0.05, 0) is 25.2 Å². The van der Waals surface area contributed by atoms with Crippen LogP contribution in [0.1, 0.15) is 38.5 Å². The van der Waals surface area contributed by atoms with Crippen LogP contribution in [0.4, 0.5) is 0 Å². The summed E-state index contributed by atoms with van der Waals surface area (Å²) in [6, 6.07) is 0. The molecular weight excluding hydrogens is 172 g/mol. The van der Waals surface area contributed by atoms with E-state index in [1.54, 1.807) is 0 Å². The van der Waals surface area contributed by atoms with Gasteiger partial charge in [-0.25, -0.2) is 0 Å². The molecule has 0 aliphatic heterocycles. The number of hydrogen-bond acceptors (Lipinski definition) is 1. The third-order valence-corrected chi connectivity index (χ3v) is 3.00. The van der Waals surface area contributed by atoms with Gasteiger partial charge < -0.3 is 4.74 Å². The van der Waals surface area contributed by atoms with Gasteiger partial charge in [0, 0.05) is 0 Å². The van der Waals surface area contributed by atoms with Gasteiger partial charge in [0.1, 0.15) is 0 Å². The van der Waals surface area contributed by atoms with Crippen LogP contribution in [-0.2, 0) is 4.74 Å². The highest BCUT2D eigenvalue weighted by Crippen LogP contribution is 2.29. The van der Waals surface area contributed by atoms with Crippen LogP contribution in [-0.4, -0.2) is 12.7 Å². The molecule has 0 amide bonds. The summed E-state index contributed by atoms with van der Waals surface area (Å²) in [5.74, 6) is 0.752. The van der Waals surface area contributed by atoms with Crippen molar-refractivity contribution in [1.82, 2.24) is 0 Å². The van der Waals surface area contributed by atoms with Gasteiger partial charge in [-0.2, -0.15) is 0 Å². The van der Waals surface area contributed by atoms with Crippen LogP contribution in [0.15, 0.2) is 25.3 Å². The van der Waals surface area contributed by atoms with E-state index in [1.165, 1.54) is 32.1 Å². The van der Waals surface area contributed by atoms with Crippen molar-refractivity contribution in [1.29, 1.82) is 0 Å². The average molecular weight is 194 g/mol. The molecule has 1 unspecified atom stereocenters.